The zero-order valence-electron chi connectivity index (χ0n) is 14.6. The fourth-order valence-corrected chi connectivity index (χ4v) is 2.53. The molecule has 1 aromatic carbocycles. The van der Waals surface area contributed by atoms with E-state index in [0.717, 1.165) is 11.6 Å². The van der Waals surface area contributed by atoms with Crippen LogP contribution < -0.4 is 5.32 Å². The number of aromatic nitrogens is 1. The normalized spacial score (nSPS) is 13.4. The molecule has 1 N–H and O–H groups in total. The number of benzene rings is 1. The SMILES string of the molecule is Cc1nc(C(F)(F)F)ccc1C(=O)NC(C)C(C)(C)c1ccccc1. The summed E-state index contributed by atoms with van der Waals surface area (Å²) in [7, 11) is 0. The lowest BCUT2D eigenvalue weighted by atomic mass is 9.78. The highest BCUT2D eigenvalue weighted by Crippen LogP contribution is 2.29. The summed E-state index contributed by atoms with van der Waals surface area (Å²) in [5.41, 5.74) is -0.0884. The fourth-order valence-electron chi connectivity index (χ4n) is 2.53. The van der Waals surface area contributed by atoms with Gasteiger partial charge in [-0.3, -0.25) is 4.79 Å². The maximum absolute atomic E-state index is 12.7. The molecule has 2 rings (SSSR count). The first-order valence-electron chi connectivity index (χ1n) is 7.94. The van der Waals surface area contributed by atoms with Gasteiger partial charge in [0.05, 0.1) is 11.3 Å². The van der Waals surface area contributed by atoms with Crippen LogP contribution >= 0.6 is 0 Å². The maximum atomic E-state index is 12.7. The molecule has 0 saturated heterocycles. The summed E-state index contributed by atoms with van der Waals surface area (Å²) in [4.78, 5) is 16.0. The van der Waals surface area contributed by atoms with Crippen LogP contribution in [0.5, 0.6) is 0 Å². The molecule has 2 aromatic rings. The number of halogens is 3. The predicted molar refractivity (Wildman–Crippen MR) is 90.4 cm³/mol. The van der Waals surface area contributed by atoms with Gasteiger partial charge < -0.3 is 5.32 Å². The van der Waals surface area contributed by atoms with Gasteiger partial charge in [0.1, 0.15) is 5.69 Å². The zero-order chi connectivity index (χ0) is 18.8. The lowest BCUT2D eigenvalue weighted by Crippen LogP contribution is -2.45. The molecule has 0 fully saturated rings. The van der Waals surface area contributed by atoms with Crippen LogP contribution in [0.1, 0.15) is 48.1 Å². The molecule has 1 amide bonds. The van der Waals surface area contributed by atoms with Crippen molar-refractivity contribution in [2.24, 2.45) is 0 Å². The molecule has 0 bridgehead atoms. The molecule has 3 nitrogen and oxygen atoms in total. The first-order chi connectivity index (χ1) is 11.5. The quantitative estimate of drug-likeness (QED) is 0.882. The van der Waals surface area contributed by atoms with Gasteiger partial charge in [0, 0.05) is 11.5 Å². The molecule has 1 atom stereocenters. The molecule has 25 heavy (non-hydrogen) atoms. The summed E-state index contributed by atoms with van der Waals surface area (Å²) in [6.45, 7) is 7.28. The summed E-state index contributed by atoms with van der Waals surface area (Å²) < 4.78 is 38.1. The van der Waals surface area contributed by atoms with E-state index in [0.29, 0.717) is 0 Å². The summed E-state index contributed by atoms with van der Waals surface area (Å²) in [6, 6.07) is 11.5. The molecular weight excluding hydrogens is 329 g/mol. The highest BCUT2D eigenvalue weighted by molar-refractivity contribution is 5.95. The molecule has 6 heteroatoms. The van der Waals surface area contributed by atoms with E-state index >= 15 is 0 Å². The number of nitrogens with one attached hydrogen (secondary N) is 1. The second-order valence-electron chi connectivity index (χ2n) is 6.61. The average Bonchev–Trinajstić information content (AvgIpc) is 2.54. The van der Waals surface area contributed by atoms with Gasteiger partial charge in [-0.05, 0) is 31.5 Å². The van der Waals surface area contributed by atoms with Crippen LogP contribution in [0.2, 0.25) is 0 Å². The van der Waals surface area contributed by atoms with Crippen molar-refractivity contribution in [3.8, 4) is 0 Å². The van der Waals surface area contributed by atoms with E-state index in [9.17, 15) is 18.0 Å². The number of amides is 1. The van der Waals surface area contributed by atoms with E-state index in [4.69, 9.17) is 0 Å². The minimum Gasteiger partial charge on any atom is -0.349 e. The van der Waals surface area contributed by atoms with Crippen LogP contribution in [-0.2, 0) is 11.6 Å². The monoisotopic (exact) mass is 350 g/mol. The van der Waals surface area contributed by atoms with Gasteiger partial charge in [-0.1, -0.05) is 44.2 Å². The van der Waals surface area contributed by atoms with Crippen LogP contribution in [0.25, 0.3) is 0 Å². The number of hydrogen-bond donors (Lipinski definition) is 1. The third-order valence-electron chi connectivity index (χ3n) is 4.57. The van der Waals surface area contributed by atoms with Crippen molar-refractivity contribution in [2.75, 3.05) is 0 Å². The second-order valence-corrected chi connectivity index (χ2v) is 6.61. The van der Waals surface area contributed by atoms with Crippen LogP contribution in [0.4, 0.5) is 13.2 Å². The van der Waals surface area contributed by atoms with Crippen molar-refractivity contribution in [2.45, 2.75) is 45.3 Å². The average molecular weight is 350 g/mol. The zero-order valence-corrected chi connectivity index (χ0v) is 14.6. The third-order valence-corrected chi connectivity index (χ3v) is 4.57. The molecule has 0 spiro atoms. The number of carbonyl (C=O) groups excluding carboxylic acids is 1. The number of carbonyl (C=O) groups is 1. The Labute approximate surface area is 145 Å². The van der Waals surface area contributed by atoms with Crippen molar-refractivity contribution < 1.29 is 18.0 Å². The first-order valence-corrected chi connectivity index (χ1v) is 7.94. The Morgan fingerprint density at radius 3 is 2.20 bits per heavy atom. The molecule has 0 saturated carbocycles. The Hall–Kier alpha value is -2.37. The summed E-state index contributed by atoms with van der Waals surface area (Å²) in [5, 5.41) is 2.87. The smallest absolute Gasteiger partial charge is 0.349 e. The molecule has 1 aromatic heterocycles. The van der Waals surface area contributed by atoms with E-state index < -0.39 is 17.8 Å². The highest BCUT2D eigenvalue weighted by atomic mass is 19.4. The topological polar surface area (TPSA) is 42.0 Å². The maximum Gasteiger partial charge on any atom is 0.433 e. The molecule has 0 aliphatic heterocycles. The van der Waals surface area contributed by atoms with E-state index in [1.807, 2.05) is 51.1 Å². The molecule has 134 valence electrons. The van der Waals surface area contributed by atoms with Crippen molar-refractivity contribution in [3.05, 3.63) is 65.0 Å². The molecule has 0 aliphatic carbocycles. The number of aryl methyl sites for hydroxylation is 1. The summed E-state index contributed by atoms with van der Waals surface area (Å²) in [5.74, 6) is -0.435. The third kappa shape index (κ3) is 4.18. The number of hydrogen-bond acceptors (Lipinski definition) is 2. The first kappa shape index (κ1) is 19.0. The van der Waals surface area contributed by atoms with Crippen molar-refractivity contribution in [1.82, 2.24) is 10.3 Å². The Bertz CT molecular complexity index is 755. The number of alkyl halides is 3. The number of pyridine rings is 1. The number of nitrogens with zero attached hydrogens (tertiary/aromatic N) is 1. The Balaban J connectivity index is 2.19. The summed E-state index contributed by atoms with van der Waals surface area (Å²) in [6.07, 6.45) is -4.53. The van der Waals surface area contributed by atoms with Gasteiger partial charge in [-0.2, -0.15) is 13.2 Å². The minimum absolute atomic E-state index is 0.0528. The standard InChI is InChI=1S/C19H21F3N2O/c1-12-15(10-11-16(23-12)19(20,21)22)17(25)24-13(2)18(3,4)14-8-6-5-7-9-14/h5-11,13H,1-4H3,(H,24,25). The lowest BCUT2D eigenvalue weighted by molar-refractivity contribution is -0.141. The van der Waals surface area contributed by atoms with E-state index in [-0.39, 0.29) is 22.7 Å². The van der Waals surface area contributed by atoms with Gasteiger partial charge in [-0.15, -0.1) is 0 Å². The molecule has 0 radical (unpaired) electrons. The van der Waals surface area contributed by atoms with E-state index in [1.54, 1.807) is 0 Å². The van der Waals surface area contributed by atoms with Gasteiger partial charge >= 0.3 is 6.18 Å². The number of rotatable bonds is 4. The Morgan fingerprint density at radius 1 is 1.08 bits per heavy atom. The largest absolute Gasteiger partial charge is 0.433 e. The highest BCUT2D eigenvalue weighted by Gasteiger charge is 2.34. The van der Waals surface area contributed by atoms with E-state index in [2.05, 4.69) is 10.3 Å². The Kier molecular flexibility index (Phi) is 5.20. The van der Waals surface area contributed by atoms with Crippen LogP contribution in [0.3, 0.4) is 0 Å². The van der Waals surface area contributed by atoms with Gasteiger partial charge in [0.2, 0.25) is 0 Å². The molecule has 0 aliphatic rings. The second kappa shape index (κ2) is 6.86. The van der Waals surface area contributed by atoms with Crippen molar-refractivity contribution in [1.29, 1.82) is 0 Å². The fraction of sp³-hybridized carbons (Fsp3) is 0.368. The van der Waals surface area contributed by atoms with Crippen LogP contribution in [-0.4, -0.2) is 16.9 Å². The van der Waals surface area contributed by atoms with Crippen molar-refractivity contribution in [3.63, 3.8) is 0 Å². The summed E-state index contributed by atoms with van der Waals surface area (Å²) >= 11 is 0. The molecular formula is C19H21F3N2O. The van der Waals surface area contributed by atoms with Crippen LogP contribution in [0, 0.1) is 6.92 Å². The van der Waals surface area contributed by atoms with Gasteiger partial charge in [-0.25, -0.2) is 4.98 Å². The lowest BCUT2D eigenvalue weighted by Gasteiger charge is -2.33. The van der Waals surface area contributed by atoms with Crippen LogP contribution in [0.15, 0.2) is 42.5 Å². The molecule has 1 heterocycles. The van der Waals surface area contributed by atoms with Gasteiger partial charge in [0.15, 0.2) is 0 Å². The van der Waals surface area contributed by atoms with Crippen molar-refractivity contribution >= 4 is 5.91 Å². The van der Waals surface area contributed by atoms with E-state index in [1.165, 1.54) is 13.0 Å². The minimum atomic E-state index is -4.53. The Morgan fingerprint density at radius 2 is 1.68 bits per heavy atom. The van der Waals surface area contributed by atoms with Gasteiger partial charge in [0.25, 0.3) is 5.91 Å². The predicted octanol–water partition coefficient (Wildman–Crippen LogP) is 4.50. The molecule has 1 unspecified atom stereocenters.